The van der Waals surface area contributed by atoms with Crippen LogP contribution in [0, 0.1) is 29.1 Å². The lowest BCUT2D eigenvalue weighted by Crippen LogP contribution is -2.53. The summed E-state index contributed by atoms with van der Waals surface area (Å²) in [5, 5.41) is 12.1. The molecule has 2 aliphatic heterocycles. The Morgan fingerprint density at radius 1 is 1.05 bits per heavy atom. The van der Waals surface area contributed by atoms with E-state index in [1.165, 1.54) is 19.5 Å². The zero-order valence-electron chi connectivity index (χ0n) is 22.7. The fourth-order valence-corrected chi connectivity index (χ4v) is 7.89. The van der Waals surface area contributed by atoms with Crippen LogP contribution in [0.1, 0.15) is 40.5 Å². The summed E-state index contributed by atoms with van der Waals surface area (Å²) in [6.45, 7) is 10.6. The number of rotatable bonds is 5. The van der Waals surface area contributed by atoms with Gasteiger partial charge in [-0.3, -0.25) is 19.3 Å². The fraction of sp³-hybridized carbons (Fsp3) is 0.690. The maximum absolute atomic E-state index is 13.2. The lowest BCUT2D eigenvalue weighted by atomic mass is 9.66. The Morgan fingerprint density at radius 3 is 2.34 bits per heavy atom. The fourth-order valence-electron chi connectivity index (χ4n) is 7.89. The van der Waals surface area contributed by atoms with E-state index in [9.17, 15) is 19.5 Å². The summed E-state index contributed by atoms with van der Waals surface area (Å²) < 4.78 is 17.4. The summed E-state index contributed by atoms with van der Waals surface area (Å²) >= 11 is 0. The number of carbonyl (C=O) groups excluding carboxylic acids is 3. The molecule has 38 heavy (non-hydrogen) atoms. The summed E-state index contributed by atoms with van der Waals surface area (Å²) in [4.78, 5) is 41.8. The van der Waals surface area contributed by atoms with E-state index < -0.39 is 53.6 Å². The number of esters is 3. The Balaban J connectivity index is 1.37. The topological polar surface area (TPSA) is 106 Å². The molecule has 0 spiro atoms. The van der Waals surface area contributed by atoms with Crippen molar-refractivity contribution < 1.29 is 33.7 Å². The number of aliphatic hydroxyl groups excluding tert-OH is 1. The zero-order valence-corrected chi connectivity index (χ0v) is 22.7. The summed E-state index contributed by atoms with van der Waals surface area (Å²) in [5.74, 6) is -2.26. The van der Waals surface area contributed by atoms with Crippen LogP contribution < -0.4 is 4.90 Å². The molecule has 0 aromatic heterocycles. The van der Waals surface area contributed by atoms with Crippen molar-refractivity contribution in [1.82, 2.24) is 4.90 Å². The van der Waals surface area contributed by atoms with Gasteiger partial charge < -0.3 is 24.2 Å². The summed E-state index contributed by atoms with van der Waals surface area (Å²) in [7, 11) is 0. The van der Waals surface area contributed by atoms with Gasteiger partial charge in [0.05, 0.1) is 12.0 Å². The minimum absolute atomic E-state index is 0.0180. The Kier molecular flexibility index (Phi) is 7.44. The second-order valence-electron chi connectivity index (χ2n) is 11.8. The van der Waals surface area contributed by atoms with Gasteiger partial charge >= 0.3 is 17.9 Å². The maximum Gasteiger partial charge on any atom is 0.311 e. The molecule has 1 aromatic rings. The van der Waals surface area contributed by atoms with Gasteiger partial charge in [-0.2, -0.15) is 0 Å². The lowest BCUT2D eigenvalue weighted by molar-refractivity contribution is -0.165. The Morgan fingerprint density at radius 2 is 1.71 bits per heavy atom. The van der Waals surface area contributed by atoms with E-state index in [0.29, 0.717) is 19.4 Å². The third-order valence-electron chi connectivity index (χ3n) is 9.52. The summed E-state index contributed by atoms with van der Waals surface area (Å²) in [6.07, 6.45) is -1.60. The van der Waals surface area contributed by atoms with Gasteiger partial charge in [0.1, 0.15) is 18.3 Å². The third-order valence-corrected chi connectivity index (χ3v) is 9.52. The second-order valence-corrected chi connectivity index (χ2v) is 11.8. The largest absolute Gasteiger partial charge is 0.462 e. The van der Waals surface area contributed by atoms with E-state index in [4.69, 9.17) is 14.2 Å². The minimum Gasteiger partial charge on any atom is -0.462 e. The number of fused-ring (bicyclic) bond motifs is 2. The molecule has 2 saturated carbocycles. The number of para-hydroxylation sites is 1. The Labute approximate surface area is 224 Å². The SMILES string of the molecule is CC(=O)O[C@H]1C[C@H](OC(C)=O)[C@]2(C)[C@H]1[C@H](C)C[C@@H]1OC(=O)[C@H](CN3CCN(c4ccccc4)CC3)[C@H]1[C@@H]2O. The van der Waals surface area contributed by atoms with Gasteiger partial charge in [0.15, 0.2) is 0 Å². The molecular weight excluding hydrogens is 488 g/mol. The molecule has 1 N–H and O–H groups in total. The maximum atomic E-state index is 13.2. The molecule has 2 saturated heterocycles. The number of carbonyl (C=O) groups is 3. The van der Waals surface area contributed by atoms with Crippen molar-refractivity contribution in [2.45, 2.75) is 65.0 Å². The van der Waals surface area contributed by atoms with Crippen LogP contribution in [0.25, 0.3) is 0 Å². The average Bonchev–Trinajstić information content (AvgIpc) is 3.28. The molecule has 9 atom stereocenters. The van der Waals surface area contributed by atoms with Crippen molar-refractivity contribution in [2.24, 2.45) is 29.1 Å². The Hall–Kier alpha value is -2.65. The molecule has 208 valence electrons. The van der Waals surface area contributed by atoms with Crippen LogP contribution in [-0.2, 0) is 28.6 Å². The van der Waals surface area contributed by atoms with Gasteiger partial charge in [0.2, 0.25) is 0 Å². The quantitative estimate of drug-likeness (QED) is 0.455. The standard InChI is InChI=1S/C29H40N2O7/c1-17-14-22-25(27(34)29(4)24(37-19(3)33)15-23(26(17)29)36-18(2)32)21(28(35)38-22)16-30-10-12-31(13-11-30)20-8-6-5-7-9-20/h5-9,17,21-27,34H,10-16H2,1-4H3/t17-,21-,22+,23+,24+,25-,26+,27+,29-/m1/s1. The highest BCUT2D eigenvalue weighted by atomic mass is 16.6. The van der Waals surface area contributed by atoms with Gasteiger partial charge in [-0.1, -0.05) is 32.0 Å². The van der Waals surface area contributed by atoms with Crippen molar-refractivity contribution in [3.05, 3.63) is 30.3 Å². The molecule has 4 aliphatic rings. The highest BCUT2D eigenvalue weighted by Crippen LogP contribution is 2.59. The highest BCUT2D eigenvalue weighted by molar-refractivity contribution is 5.76. The molecule has 0 amide bonds. The van der Waals surface area contributed by atoms with Crippen molar-refractivity contribution in [1.29, 1.82) is 0 Å². The number of aliphatic hydroxyl groups is 1. The molecule has 2 heterocycles. The van der Waals surface area contributed by atoms with Gasteiger partial charge in [-0.15, -0.1) is 0 Å². The van der Waals surface area contributed by atoms with Crippen LogP contribution in [0.3, 0.4) is 0 Å². The lowest BCUT2D eigenvalue weighted by Gasteiger charge is -2.44. The first-order valence-corrected chi connectivity index (χ1v) is 13.8. The van der Waals surface area contributed by atoms with E-state index >= 15 is 0 Å². The van der Waals surface area contributed by atoms with Crippen LogP contribution >= 0.6 is 0 Å². The van der Waals surface area contributed by atoms with Gasteiger partial charge in [-0.05, 0) is 24.5 Å². The monoisotopic (exact) mass is 528 g/mol. The predicted molar refractivity (Wildman–Crippen MR) is 139 cm³/mol. The number of hydrogen-bond donors (Lipinski definition) is 1. The first-order chi connectivity index (χ1) is 18.1. The van der Waals surface area contributed by atoms with E-state index in [-0.39, 0.29) is 17.8 Å². The number of anilines is 1. The van der Waals surface area contributed by atoms with Crippen molar-refractivity contribution in [3.63, 3.8) is 0 Å². The number of benzene rings is 1. The molecule has 0 unspecified atom stereocenters. The van der Waals surface area contributed by atoms with Gasteiger partial charge in [0, 0.05) is 75.9 Å². The summed E-state index contributed by atoms with van der Waals surface area (Å²) in [6, 6.07) is 10.3. The molecule has 0 radical (unpaired) electrons. The van der Waals surface area contributed by atoms with Gasteiger partial charge in [-0.25, -0.2) is 0 Å². The number of hydrogen-bond acceptors (Lipinski definition) is 9. The smallest absolute Gasteiger partial charge is 0.311 e. The van der Waals surface area contributed by atoms with Crippen molar-refractivity contribution in [2.75, 3.05) is 37.6 Å². The van der Waals surface area contributed by atoms with E-state index in [1.54, 1.807) is 0 Å². The predicted octanol–water partition coefficient (Wildman–Crippen LogP) is 2.26. The first kappa shape index (κ1) is 26.9. The number of nitrogens with zero attached hydrogens (tertiary/aromatic N) is 2. The van der Waals surface area contributed by atoms with E-state index in [1.807, 2.05) is 25.1 Å². The molecule has 0 bridgehead atoms. The second kappa shape index (κ2) is 10.5. The third kappa shape index (κ3) is 4.79. The van der Waals surface area contributed by atoms with Crippen LogP contribution in [0.5, 0.6) is 0 Å². The molecular formula is C29H40N2O7. The Bertz CT molecular complexity index is 1040. The van der Waals surface area contributed by atoms with Crippen molar-refractivity contribution in [3.8, 4) is 0 Å². The normalized spacial score (nSPS) is 39.1. The van der Waals surface area contributed by atoms with E-state index in [2.05, 4.69) is 28.9 Å². The molecule has 1 aromatic carbocycles. The van der Waals surface area contributed by atoms with E-state index in [0.717, 1.165) is 26.2 Å². The molecule has 2 aliphatic carbocycles. The molecule has 9 nitrogen and oxygen atoms in total. The van der Waals surface area contributed by atoms with Crippen LogP contribution in [0.2, 0.25) is 0 Å². The molecule has 9 heteroatoms. The zero-order chi connectivity index (χ0) is 27.2. The minimum atomic E-state index is -0.964. The van der Waals surface area contributed by atoms with Crippen LogP contribution in [-0.4, -0.2) is 85.1 Å². The van der Waals surface area contributed by atoms with Crippen LogP contribution in [0.15, 0.2) is 30.3 Å². The van der Waals surface area contributed by atoms with Crippen LogP contribution in [0.4, 0.5) is 5.69 Å². The summed E-state index contributed by atoms with van der Waals surface area (Å²) in [5.41, 5.74) is 0.308. The first-order valence-electron chi connectivity index (χ1n) is 13.8. The number of ether oxygens (including phenoxy) is 3. The average molecular weight is 529 g/mol. The molecule has 4 fully saturated rings. The number of piperazine rings is 1. The van der Waals surface area contributed by atoms with Crippen molar-refractivity contribution >= 4 is 23.6 Å². The highest BCUT2D eigenvalue weighted by Gasteiger charge is 2.67. The van der Waals surface area contributed by atoms with Gasteiger partial charge in [0.25, 0.3) is 0 Å². The molecule has 5 rings (SSSR count).